The van der Waals surface area contributed by atoms with Crippen LogP contribution in [0, 0.1) is 11.8 Å². The van der Waals surface area contributed by atoms with Crippen LogP contribution < -0.4 is 0 Å². The molecule has 1 aliphatic rings. The fraction of sp³-hybridized carbons (Fsp3) is 0.300. The van der Waals surface area contributed by atoms with E-state index in [4.69, 9.17) is 4.74 Å². The molecule has 1 saturated heterocycles. The smallest absolute Gasteiger partial charge is 0.167 e. The molecule has 0 unspecified atom stereocenters. The largest absolute Gasteiger partial charge is 0.380 e. The Hall–Kier alpha value is -1.53. The molecule has 124 valence electrons. The van der Waals surface area contributed by atoms with E-state index in [0.717, 1.165) is 0 Å². The Kier molecular flexibility index (Phi) is 5.79. The molecule has 2 aromatic rings. The first-order valence-electron chi connectivity index (χ1n) is 8.06. The molecule has 0 amide bonds. The molecule has 3 rings (SSSR count). The first-order valence-corrected chi connectivity index (χ1v) is 9.30. The standard InChI is InChI=1S/C20H19IO3/c21-17-13-24-12-16(11-18(22)14-7-3-1-4-8-14)19(17)20(23)15-9-5-2-6-10-15/h1-10,16-17,19H,11-13H2/t16-,17+,19+/m1/s1. The summed E-state index contributed by atoms with van der Waals surface area (Å²) in [4.78, 5) is 25.5. The van der Waals surface area contributed by atoms with Crippen molar-refractivity contribution in [3.05, 3.63) is 71.8 Å². The molecule has 0 aliphatic carbocycles. The molecule has 1 fully saturated rings. The maximum atomic E-state index is 13.0. The highest BCUT2D eigenvalue weighted by molar-refractivity contribution is 14.1. The molecular formula is C20H19IO3. The number of ketones is 2. The van der Waals surface area contributed by atoms with Crippen LogP contribution in [-0.2, 0) is 4.74 Å². The summed E-state index contributed by atoms with van der Waals surface area (Å²) in [5.74, 6) is -0.0832. The van der Waals surface area contributed by atoms with Crippen LogP contribution in [0.25, 0.3) is 0 Å². The highest BCUT2D eigenvalue weighted by atomic mass is 127. The molecule has 0 bridgehead atoms. The maximum absolute atomic E-state index is 13.0. The summed E-state index contributed by atoms with van der Waals surface area (Å²) in [6, 6.07) is 18.6. The third kappa shape index (κ3) is 3.92. The van der Waals surface area contributed by atoms with E-state index in [0.29, 0.717) is 30.8 Å². The molecule has 4 heteroatoms. The molecular weight excluding hydrogens is 415 g/mol. The Balaban J connectivity index is 1.80. The monoisotopic (exact) mass is 434 g/mol. The quantitative estimate of drug-likeness (QED) is 0.403. The molecule has 0 spiro atoms. The lowest BCUT2D eigenvalue weighted by Crippen LogP contribution is -2.42. The van der Waals surface area contributed by atoms with Gasteiger partial charge >= 0.3 is 0 Å². The van der Waals surface area contributed by atoms with Gasteiger partial charge in [-0.05, 0) is 0 Å². The van der Waals surface area contributed by atoms with E-state index in [1.807, 2.05) is 60.7 Å². The summed E-state index contributed by atoms with van der Waals surface area (Å²) in [6.07, 6.45) is 0.340. The van der Waals surface area contributed by atoms with Gasteiger partial charge in [-0.3, -0.25) is 9.59 Å². The molecule has 0 saturated carbocycles. The molecule has 3 atom stereocenters. The average Bonchev–Trinajstić information content (AvgIpc) is 2.63. The molecule has 24 heavy (non-hydrogen) atoms. The zero-order chi connectivity index (χ0) is 16.9. The Morgan fingerprint density at radius 1 is 0.917 bits per heavy atom. The average molecular weight is 434 g/mol. The van der Waals surface area contributed by atoms with Gasteiger partial charge in [0.1, 0.15) is 0 Å². The zero-order valence-electron chi connectivity index (χ0n) is 13.2. The number of carbonyl (C=O) groups is 2. The van der Waals surface area contributed by atoms with E-state index in [1.165, 1.54) is 0 Å². The summed E-state index contributed by atoms with van der Waals surface area (Å²) < 4.78 is 5.72. The minimum Gasteiger partial charge on any atom is -0.380 e. The molecule has 1 heterocycles. The predicted molar refractivity (Wildman–Crippen MR) is 102 cm³/mol. The summed E-state index contributed by atoms with van der Waals surface area (Å²) >= 11 is 2.28. The third-order valence-corrected chi connectivity index (χ3v) is 5.55. The highest BCUT2D eigenvalue weighted by Crippen LogP contribution is 2.33. The van der Waals surface area contributed by atoms with Crippen molar-refractivity contribution in [2.45, 2.75) is 10.3 Å². The van der Waals surface area contributed by atoms with Crippen LogP contribution in [0.3, 0.4) is 0 Å². The summed E-state index contributed by atoms with van der Waals surface area (Å²) in [5.41, 5.74) is 1.40. The number of rotatable bonds is 5. The van der Waals surface area contributed by atoms with Crippen molar-refractivity contribution < 1.29 is 14.3 Å². The number of ether oxygens (including phenoxy) is 1. The molecule has 1 aliphatic heterocycles. The number of hydrogen-bond donors (Lipinski definition) is 0. The van der Waals surface area contributed by atoms with Crippen LogP contribution in [0.5, 0.6) is 0 Å². The Labute approximate surface area is 155 Å². The second-order valence-corrected chi connectivity index (χ2v) is 7.66. The SMILES string of the molecule is O=C(C[C@@H]1COC[C@H](I)[C@H]1C(=O)c1ccccc1)c1ccccc1. The molecule has 3 nitrogen and oxygen atoms in total. The van der Waals surface area contributed by atoms with Crippen LogP contribution in [-0.4, -0.2) is 28.7 Å². The highest BCUT2D eigenvalue weighted by Gasteiger charge is 2.39. The fourth-order valence-electron chi connectivity index (χ4n) is 3.17. The lowest BCUT2D eigenvalue weighted by Gasteiger charge is -2.34. The molecule has 0 aromatic heterocycles. The van der Waals surface area contributed by atoms with Gasteiger partial charge in [0.05, 0.1) is 13.2 Å². The van der Waals surface area contributed by atoms with Crippen LogP contribution >= 0.6 is 22.6 Å². The van der Waals surface area contributed by atoms with Gasteiger partial charge in [0, 0.05) is 33.3 Å². The number of hydrogen-bond acceptors (Lipinski definition) is 3. The predicted octanol–water partition coefficient (Wildman–Crippen LogP) is 4.21. The number of Topliss-reactive ketones (excluding diaryl/α,β-unsaturated/α-hetero) is 2. The number of halogens is 1. The number of alkyl halides is 1. The van der Waals surface area contributed by atoms with Crippen molar-refractivity contribution in [1.82, 2.24) is 0 Å². The molecule has 0 N–H and O–H groups in total. The van der Waals surface area contributed by atoms with Crippen molar-refractivity contribution in [2.24, 2.45) is 11.8 Å². The van der Waals surface area contributed by atoms with Gasteiger partial charge in [-0.1, -0.05) is 83.3 Å². The third-order valence-electron chi connectivity index (χ3n) is 4.41. The van der Waals surface area contributed by atoms with Crippen molar-refractivity contribution >= 4 is 34.2 Å². The Morgan fingerprint density at radius 2 is 1.50 bits per heavy atom. The lowest BCUT2D eigenvalue weighted by molar-refractivity contribution is 0.0232. The Morgan fingerprint density at radius 3 is 2.12 bits per heavy atom. The topological polar surface area (TPSA) is 43.4 Å². The van der Waals surface area contributed by atoms with Crippen molar-refractivity contribution in [3.8, 4) is 0 Å². The van der Waals surface area contributed by atoms with Crippen LogP contribution in [0.15, 0.2) is 60.7 Å². The lowest BCUT2D eigenvalue weighted by atomic mass is 9.79. The van der Waals surface area contributed by atoms with Crippen molar-refractivity contribution in [3.63, 3.8) is 0 Å². The van der Waals surface area contributed by atoms with Gasteiger partial charge in [-0.15, -0.1) is 0 Å². The summed E-state index contributed by atoms with van der Waals surface area (Å²) in [7, 11) is 0. The van der Waals surface area contributed by atoms with E-state index >= 15 is 0 Å². The van der Waals surface area contributed by atoms with E-state index in [1.54, 1.807) is 0 Å². The summed E-state index contributed by atoms with van der Waals surface area (Å²) in [5, 5.41) is 0. The van der Waals surface area contributed by atoms with Crippen LogP contribution in [0.1, 0.15) is 27.1 Å². The Bertz CT molecular complexity index is 699. The first kappa shape index (κ1) is 17.3. The fourth-order valence-corrected chi connectivity index (χ4v) is 4.34. The van der Waals surface area contributed by atoms with Gasteiger partial charge in [0.2, 0.25) is 0 Å². The normalized spacial score (nSPS) is 23.6. The second-order valence-electron chi connectivity index (χ2n) is 6.06. The summed E-state index contributed by atoms with van der Waals surface area (Å²) in [6.45, 7) is 1.02. The number of carbonyl (C=O) groups excluding carboxylic acids is 2. The van der Waals surface area contributed by atoms with Crippen LogP contribution in [0.2, 0.25) is 0 Å². The first-order chi connectivity index (χ1) is 11.7. The molecule has 0 radical (unpaired) electrons. The minimum absolute atomic E-state index is 0.0700. The van der Waals surface area contributed by atoms with Gasteiger partial charge in [0.25, 0.3) is 0 Å². The zero-order valence-corrected chi connectivity index (χ0v) is 15.4. The number of benzene rings is 2. The van der Waals surface area contributed by atoms with E-state index < -0.39 is 0 Å². The van der Waals surface area contributed by atoms with Crippen molar-refractivity contribution in [2.75, 3.05) is 13.2 Å². The van der Waals surface area contributed by atoms with Gasteiger partial charge < -0.3 is 4.74 Å². The second kappa shape index (κ2) is 8.03. The van der Waals surface area contributed by atoms with Crippen molar-refractivity contribution in [1.29, 1.82) is 0 Å². The van der Waals surface area contributed by atoms with E-state index in [-0.39, 0.29) is 27.3 Å². The molecule has 2 aromatic carbocycles. The minimum atomic E-state index is -0.186. The maximum Gasteiger partial charge on any atom is 0.167 e. The van der Waals surface area contributed by atoms with Crippen LogP contribution in [0.4, 0.5) is 0 Å². The van der Waals surface area contributed by atoms with Gasteiger partial charge in [0.15, 0.2) is 11.6 Å². The van der Waals surface area contributed by atoms with E-state index in [9.17, 15) is 9.59 Å². The van der Waals surface area contributed by atoms with E-state index in [2.05, 4.69) is 22.6 Å². The van der Waals surface area contributed by atoms with Gasteiger partial charge in [-0.25, -0.2) is 0 Å². The van der Waals surface area contributed by atoms with Gasteiger partial charge in [-0.2, -0.15) is 0 Å².